The van der Waals surface area contributed by atoms with Gasteiger partial charge in [-0.2, -0.15) is 0 Å². The molecule has 0 unspecified atom stereocenters. The molecule has 152 valence electrons. The van der Waals surface area contributed by atoms with Gasteiger partial charge in [-0.15, -0.1) is 11.8 Å². The average molecular weight is 419 g/mol. The van der Waals surface area contributed by atoms with Crippen molar-refractivity contribution in [3.05, 3.63) is 58.1 Å². The van der Waals surface area contributed by atoms with E-state index in [2.05, 4.69) is 10.1 Å². The number of anilines is 1. The number of benzene rings is 2. The van der Waals surface area contributed by atoms with Crippen molar-refractivity contribution in [2.24, 2.45) is 5.73 Å². The van der Waals surface area contributed by atoms with E-state index in [4.69, 9.17) is 10.5 Å². The maximum atomic E-state index is 12.1. The second-order valence-electron chi connectivity index (χ2n) is 5.53. The number of nitrogens with zero attached hydrogens (tertiary/aromatic N) is 1. The highest BCUT2D eigenvalue weighted by molar-refractivity contribution is 8.00. The second kappa shape index (κ2) is 10.1. The number of nitro groups is 1. The highest BCUT2D eigenvalue weighted by atomic mass is 32.2. The largest absolute Gasteiger partial charge is 0.482 e. The number of ether oxygens (including phenoxy) is 2. The van der Waals surface area contributed by atoms with Crippen LogP contribution in [0, 0.1) is 10.1 Å². The molecule has 0 saturated carbocycles. The van der Waals surface area contributed by atoms with Crippen LogP contribution in [-0.4, -0.2) is 42.2 Å². The van der Waals surface area contributed by atoms with Crippen molar-refractivity contribution in [1.82, 2.24) is 0 Å². The molecule has 2 aromatic carbocycles. The van der Waals surface area contributed by atoms with Crippen LogP contribution in [0.4, 0.5) is 11.4 Å². The molecule has 10 nitrogen and oxygen atoms in total. The fourth-order valence-electron chi connectivity index (χ4n) is 2.11. The van der Waals surface area contributed by atoms with Gasteiger partial charge in [0.05, 0.1) is 22.7 Å². The molecule has 0 aliphatic heterocycles. The Labute approximate surface area is 169 Å². The number of hydrogen-bond donors (Lipinski definition) is 2. The van der Waals surface area contributed by atoms with E-state index in [1.54, 1.807) is 24.3 Å². The van der Waals surface area contributed by atoms with Crippen molar-refractivity contribution in [1.29, 1.82) is 0 Å². The van der Waals surface area contributed by atoms with Gasteiger partial charge in [0.15, 0.2) is 6.61 Å². The van der Waals surface area contributed by atoms with E-state index in [1.165, 1.54) is 19.2 Å². The first-order valence-electron chi connectivity index (χ1n) is 8.10. The zero-order chi connectivity index (χ0) is 21.4. The number of nitrogens with one attached hydrogen (secondary N) is 1. The minimum Gasteiger partial charge on any atom is -0.482 e. The smallest absolute Gasteiger partial charge is 0.343 e. The molecule has 0 heterocycles. The van der Waals surface area contributed by atoms with Gasteiger partial charge in [-0.25, -0.2) is 4.79 Å². The van der Waals surface area contributed by atoms with Crippen LogP contribution in [0.25, 0.3) is 0 Å². The number of methoxy groups -OCH3 is 1. The first-order chi connectivity index (χ1) is 13.8. The molecule has 0 atom stereocenters. The van der Waals surface area contributed by atoms with E-state index < -0.39 is 16.8 Å². The van der Waals surface area contributed by atoms with Crippen molar-refractivity contribution < 1.29 is 28.8 Å². The monoisotopic (exact) mass is 419 g/mol. The van der Waals surface area contributed by atoms with Crippen molar-refractivity contribution in [2.45, 2.75) is 4.90 Å². The molecule has 0 fully saturated rings. The number of esters is 1. The van der Waals surface area contributed by atoms with Crippen molar-refractivity contribution in [3.8, 4) is 5.75 Å². The van der Waals surface area contributed by atoms with Crippen LogP contribution in [0.1, 0.15) is 10.4 Å². The molecular formula is C18H17N3O7S. The predicted octanol–water partition coefficient (Wildman–Crippen LogP) is 1.98. The van der Waals surface area contributed by atoms with Gasteiger partial charge in [0, 0.05) is 17.3 Å². The van der Waals surface area contributed by atoms with E-state index in [-0.39, 0.29) is 34.4 Å². The molecule has 0 radical (unpaired) electrons. The first-order valence-corrected chi connectivity index (χ1v) is 9.09. The van der Waals surface area contributed by atoms with Gasteiger partial charge in [-0.3, -0.25) is 19.7 Å². The quantitative estimate of drug-likeness (QED) is 0.271. The minimum absolute atomic E-state index is 0.0139. The molecule has 2 aromatic rings. The lowest BCUT2D eigenvalue weighted by atomic mass is 10.2. The Morgan fingerprint density at radius 2 is 1.86 bits per heavy atom. The molecule has 3 N–H and O–H groups in total. The van der Waals surface area contributed by atoms with Gasteiger partial charge in [0.2, 0.25) is 11.8 Å². The number of hydrogen-bond acceptors (Lipinski definition) is 8. The number of primary amides is 1. The maximum Gasteiger partial charge on any atom is 0.343 e. The fraction of sp³-hybridized carbons (Fsp3) is 0.167. The van der Waals surface area contributed by atoms with E-state index in [0.29, 0.717) is 11.4 Å². The summed E-state index contributed by atoms with van der Waals surface area (Å²) < 4.78 is 9.66. The molecule has 0 aliphatic rings. The summed E-state index contributed by atoms with van der Waals surface area (Å²) in [5, 5.41) is 13.8. The van der Waals surface area contributed by atoms with Gasteiger partial charge in [-0.05, 0) is 36.4 Å². The number of carbonyl (C=O) groups is 3. The highest BCUT2D eigenvalue weighted by Crippen LogP contribution is 2.30. The van der Waals surface area contributed by atoms with Crippen LogP contribution < -0.4 is 15.8 Å². The summed E-state index contributed by atoms with van der Waals surface area (Å²) in [5.41, 5.74) is 5.33. The van der Waals surface area contributed by atoms with Gasteiger partial charge in [0.25, 0.3) is 5.69 Å². The summed E-state index contributed by atoms with van der Waals surface area (Å²) in [6.07, 6.45) is 0. The standard InChI is InChI=1S/C18H17N3O7S/c1-27-17(23)9-28-13-5-3-12(4-6-13)20-16(22)10-29-15-7-2-11(18(19)24)8-14(15)21(25)26/h2-8H,9-10H2,1H3,(H2,19,24)(H,20,22). The molecule has 0 aromatic heterocycles. The fourth-order valence-corrected chi connectivity index (χ4v) is 2.92. The number of amides is 2. The summed E-state index contributed by atoms with van der Waals surface area (Å²) in [4.78, 5) is 45.1. The van der Waals surface area contributed by atoms with E-state index in [1.807, 2.05) is 0 Å². The molecule has 2 amide bonds. The van der Waals surface area contributed by atoms with Crippen LogP contribution in [0.5, 0.6) is 5.75 Å². The van der Waals surface area contributed by atoms with Crippen LogP contribution in [0.15, 0.2) is 47.4 Å². The molecule has 0 spiro atoms. The van der Waals surface area contributed by atoms with Crippen LogP contribution in [0.2, 0.25) is 0 Å². The number of rotatable bonds is 9. The van der Waals surface area contributed by atoms with Gasteiger partial charge >= 0.3 is 5.97 Å². The van der Waals surface area contributed by atoms with Crippen molar-refractivity contribution in [3.63, 3.8) is 0 Å². The Morgan fingerprint density at radius 1 is 1.17 bits per heavy atom. The van der Waals surface area contributed by atoms with Crippen LogP contribution >= 0.6 is 11.8 Å². The molecule has 0 bridgehead atoms. The molecule has 0 saturated heterocycles. The van der Waals surface area contributed by atoms with E-state index >= 15 is 0 Å². The third kappa shape index (κ3) is 6.50. The predicted molar refractivity (Wildman–Crippen MR) is 105 cm³/mol. The van der Waals surface area contributed by atoms with Crippen LogP contribution in [-0.2, 0) is 14.3 Å². The normalized spacial score (nSPS) is 10.1. The summed E-state index contributed by atoms with van der Waals surface area (Å²) in [5.74, 6) is -1.34. The lowest BCUT2D eigenvalue weighted by molar-refractivity contribution is -0.387. The summed E-state index contributed by atoms with van der Waals surface area (Å²) in [7, 11) is 1.25. The number of nitrogens with two attached hydrogens (primary N) is 1. The van der Waals surface area contributed by atoms with E-state index in [0.717, 1.165) is 17.8 Å². The third-order valence-corrected chi connectivity index (χ3v) is 4.58. The molecule has 0 aliphatic carbocycles. The zero-order valence-corrected chi connectivity index (χ0v) is 16.1. The maximum absolute atomic E-state index is 12.1. The molecule has 2 rings (SSSR count). The van der Waals surface area contributed by atoms with Gasteiger partial charge < -0.3 is 20.5 Å². The van der Waals surface area contributed by atoms with E-state index in [9.17, 15) is 24.5 Å². The topological polar surface area (TPSA) is 151 Å². The number of thioether (sulfide) groups is 1. The van der Waals surface area contributed by atoms with Crippen molar-refractivity contribution in [2.75, 3.05) is 24.8 Å². The summed E-state index contributed by atoms with van der Waals surface area (Å²) in [6, 6.07) is 10.1. The summed E-state index contributed by atoms with van der Waals surface area (Å²) in [6.45, 7) is -0.230. The average Bonchev–Trinajstić information content (AvgIpc) is 2.71. The van der Waals surface area contributed by atoms with Gasteiger partial charge in [0.1, 0.15) is 5.75 Å². The first kappa shape index (κ1) is 21.7. The number of carbonyl (C=O) groups excluding carboxylic acids is 3. The molecule has 29 heavy (non-hydrogen) atoms. The zero-order valence-electron chi connectivity index (χ0n) is 15.2. The summed E-state index contributed by atoms with van der Waals surface area (Å²) >= 11 is 0.958. The number of nitro benzene ring substituents is 1. The lowest BCUT2D eigenvalue weighted by Gasteiger charge is -2.08. The Hall–Kier alpha value is -3.60. The lowest BCUT2D eigenvalue weighted by Crippen LogP contribution is -2.15. The third-order valence-electron chi connectivity index (χ3n) is 3.52. The second-order valence-corrected chi connectivity index (χ2v) is 6.55. The Kier molecular flexibility index (Phi) is 7.54. The Bertz CT molecular complexity index is 932. The Balaban J connectivity index is 1.94. The SMILES string of the molecule is COC(=O)COc1ccc(NC(=O)CSc2ccc(C(N)=O)cc2[N+](=O)[O-])cc1. The van der Waals surface area contributed by atoms with Crippen LogP contribution in [0.3, 0.4) is 0 Å². The van der Waals surface area contributed by atoms with Crippen molar-refractivity contribution >= 4 is 40.9 Å². The highest BCUT2D eigenvalue weighted by Gasteiger charge is 2.18. The molecule has 11 heteroatoms. The molecular weight excluding hydrogens is 402 g/mol. The van der Waals surface area contributed by atoms with Gasteiger partial charge in [-0.1, -0.05) is 0 Å². The minimum atomic E-state index is -0.776. The Morgan fingerprint density at radius 3 is 2.45 bits per heavy atom.